The molecule has 6 heteroatoms. The number of carbonyl (C=O) groups excluding carboxylic acids is 2. The Kier molecular flexibility index (Phi) is 6.29. The lowest BCUT2D eigenvalue weighted by Crippen LogP contribution is -2.15. The Balaban J connectivity index is 1.69. The van der Waals surface area contributed by atoms with Crippen LogP contribution in [0.1, 0.15) is 27.6 Å². The quantitative estimate of drug-likeness (QED) is 0.600. The summed E-state index contributed by atoms with van der Waals surface area (Å²) >= 11 is 6.06. The van der Waals surface area contributed by atoms with Crippen molar-refractivity contribution < 1.29 is 14.3 Å². The Morgan fingerprint density at radius 1 is 0.786 bits per heavy atom. The molecule has 2 N–H and O–H groups in total. The number of rotatable bonds is 6. The second-order valence-electron chi connectivity index (χ2n) is 5.89. The Bertz CT molecular complexity index is 987. The molecule has 0 saturated carbocycles. The SMILES string of the molecule is CCOc1ccccc1NC(=O)c1ccc(C(=O)Nc2ccccc2Cl)cc1. The minimum absolute atomic E-state index is 0.287. The van der Waals surface area contributed by atoms with Gasteiger partial charge in [0.15, 0.2) is 0 Å². The molecular weight excluding hydrogens is 376 g/mol. The normalized spacial score (nSPS) is 10.2. The fraction of sp³-hybridized carbons (Fsp3) is 0.0909. The molecule has 3 rings (SSSR count). The van der Waals surface area contributed by atoms with Crippen LogP contribution in [0.3, 0.4) is 0 Å². The number of benzene rings is 3. The van der Waals surface area contributed by atoms with Gasteiger partial charge in [-0.25, -0.2) is 0 Å². The molecule has 0 unspecified atom stereocenters. The molecule has 0 bridgehead atoms. The Morgan fingerprint density at radius 2 is 1.29 bits per heavy atom. The van der Waals surface area contributed by atoms with E-state index in [1.807, 2.05) is 19.1 Å². The van der Waals surface area contributed by atoms with Gasteiger partial charge in [-0.2, -0.15) is 0 Å². The smallest absolute Gasteiger partial charge is 0.255 e. The number of hydrogen-bond acceptors (Lipinski definition) is 3. The van der Waals surface area contributed by atoms with Gasteiger partial charge in [0.2, 0.25) is 0 Å². The lowest BCUT2D eigenvalue weighted by Gasteiger charge is -2.11. The molecule has 142 valence electrons. The van der Waals surface area contributed by atoms with Gasteiger partial charge in [-0.3, -0.25) is 9.59 Å². The van der Waals surface area contributed by atoms with Crippen LogP contribution >= 0.6 is 11.6 Å². The summed E-state index contributed by atoms with van der Waals surface area (Å²) in [7, 11) is 0. The van der Waals surface area contributed by atoms with Gasteiger partial charge in [0, 0.05) is 11.1 Å². The first-order valence-electron chi connectivity index (χ1n) is 8.77. The van der Waals surface area contributed by atoms with Crippen LogP contribution in [-0.4, -0.2) is 18.4 Å². The van der Waals surface area contributed by atoms with Crippen LogP contribution in [0.25, 0.3) is 0 Å². The van der Waals surface area contributed by atoms with Gasteiger partial charge in [-0.1, -0.05) is 35.9 Å². The molecular formula is C22H19ClN2O3. The lowest BCUT2D eigenvalue weighted by molar-refractivity contribution is 0.101. The van der Waals surface area contributed by atoms with Crippen LogP contribution in [0.5, 0.6) is 5.75 Å². The van der Waals surface area contributed by atoms with E-state index >= 15 is 0 Å². The van der Waals surface area contributed by atoms with E-state index in [4.69, 9.17) is 16.3 Å². The van der Waals surface area contributed by atoms with Crippen molar-refractivity contribution in [2.75, 3.05) is 17.2 Å². The maximum Gasteiger partial charge on any atom is 0.255 e. The van der Waals surface area contributed by atoms with E-state index in [0.717, 1.165) is 0 Å². The Hall–Kier alpha value is -3.31. The third kappa shape index (κ3) is 4.69. The number of nitrogens with one attached hydrogen (secondary N) is 2. The summed E-state index contributed by atoms with van der Waals surface area (Å²) in [5.74, 6) is 0.0149. The van der Waals surface area contributed by atoms with Gasteiger partial charge in [0.1, 0.15) is 5.75 Å². The van der Waals surface area contributed by atoms with E-state index < -0.39 is 0 Å². The van der Waals surface area contributed by atoms with Crippen LogP contribution in [-0.2, 0) is 0 Å². The number of ether oxygens (including phenoxy) is 1. The van der Waals surface area contributed by atoms with Gasteiger partial charge in [0.05, 0.1) is 23.0 Å². The van der Waals surface area contributed by atoms with Crippen molar-refractivity contribution in [2.45, 2.75) is 6.92 Å². The summed E-state index contributed by atoms with van der Waals surface area (Å²) in [6, 6.07) is 20.6. The fourth-order valence-electron chi connectivity index (χ4n) is 2.58. The zero-order valence-corrected chi connectivity index (χ0v) is 16.0. The fourth-order valence-corrected chi connectivity index (χ4v) is 2.76. The topological polar surface area (TPSA) is 67.4 Å². The van der Waals surface area contributed by atoms with Crippen LogP contribution in [0.2, 0.25) is 5.02 Å². The molecule has 0 radical (unpaired) electrons. The van der Waals surface area contributed by atoms with E-state index in [0.29, 0.717) is 39.9 Å². The van der Waals surface area contributed by atoms with E-state index in [-0.39, 0.29) is 11.8 Å². The molecule has 2 amide bonds. The van der Waals surface area contributed by atoms with Gasteiger partial charge < -0.3 is 15.4 Å². The molecule has 3 aromatic carbocycles. The largest absolute Gasteiger partial charge is 0.492 e. The zero-order valence-electron chi connectivity index (χ0n) is 15.2. The van der Waals surface area contributed by atoms with Crippen molar-refractivity contribution >= 4 is 34.8 Å². The highest BCUT2D eigenvalue weighted by Crippen LogP contribution is 2.24. The standard InChI is InChI=1S/C22H19ClN2O3/c1-2-28-20-10-6-5-9-19(20)25-22(27)16-13-11-15(12-14-16)21(26)24-18-8-4-3-7-17(18)23/h3-14H,2H2,1H3,(H,24,26)(H,25,27). The Morgan fingerprint density at radius 3 is 1.86 bits per heavy atom. The molecule has 0 heterocycles. The average Bonchev–Trinajstić information content (AvgIpc) is 2.71. The average molecular weight is 395 g/mol. The minimum atomic E-state index is -0.304. The summed E-state index contributed by atoms with van der Waals surface area (Å²) in [4.78, 5) is 24.9. The molecule has 0 aliphatic heterocycles. The monoisotopic (exact) mass is 394 g/mol. The van der Waals surface area contributed by atoms with E-state index in [1.165, 1.54) is 0 Å². The second kappa shape index (κ2) is 9.06. The summed E-state index contributed by atoms with van der Waals surface area (Å²) in [5.41, 5.74) is 1.98. The first-order valence-corrected chi connectivity index (χ1v) is 9.15. The maximum absolute atomic E-state index is 12.5. The summed E-state index contributed by atoms with van der Waals surface area (Å²) in [6.07, 6.45) is 0. The van der Waals surface area contributed by atoms with Crippen LogP contribution in [0, 0.1) is 0 Å². The predicted molar refractivity (Wildman–Crippen MR) is 111 cm³/mol. The number of carbonyl (C=O) groups is 2. The van der Waals surface area contributed by atoms with Crippen molar-refractivity contribution in [2.24, 2.45) is 0 Å². The summed E-state index contributed by atoms with van der Waals surface area (Å²) < 4.78 is 5.51. The lowest BCUT2D eigenvalue weighted by atomic mass is 10.1. The minimum Gasteiger partial charge on any atom is -0.492 e. The highest BCUT2D eigenvalue weighted by atomic mass is 35.5. The van der Waals surface area contributed by atoms with Crippen molar-refractivity contribution in [3.05, 3.63) is 88.9 Å². The molecule has 0 atom stereocenters. The van der Waals surface area contributed by atoms with Crippen molar-refractivity contribution in [3.8, 4) is 5.75 Å². The van der Waals surface area contributed by atoms with Gasteiger partial charge in [-0.15, -0.1) is 0 Å². The van der Waals surface area contributed by atoms with Gasteiger partial charge in [0.25, 0.3) is 11.8 Å². The highest BCUT2D eigenvalue weighted by Gasteiger charge is 2.12. The number of hydrogen-bond donors (Lipinski definition) is 2. The first kappa shape index (κ1) is 19.5. The number of halogens is 1. The first-order chi connectivity index (χ1) is 13.6. The van der Waals surface area contributed by atoms with Crippen molar-refractivity contribution in [1.29, 1.82) is 0 Å². The second-order valence-corrected chi connectivity index (χ2v) is 6.30. The molecule has 28 heavy (non-hydrogen) atoms. The molecule has 0 aliphatic carbocycles. The number of para-hydroxylation sites is 3. The number of anilines is 2. The molecule has 5 nitrogen and oxygen atoms in total. The van der Waals surface area contributed by atoms with E-state index in [9.17, 15) is 9.59 Å². The van der Waals surface area contributed by atoms with E-state index in [1.54, 1.807) is 60.7 Å². The van der Waals surface area contributed by atoms with Gasteiger partial charge in [-0.05, 0) is 55.5 Å². The van der Waals surface area contributed by atoms with Crippen LogP contribution in [0.15, 0.2) is 72.8 Å². The molecule has 0 saturated heterocycles. The maximum atomic E-state index is 12.5. The van der Waals surface area contributed by atoms with Crippen LogP contribution < -0.4 is 15.4 Å². The highest BCUT2D eigenvalue weighted by molar-refractivity contribution is 6.33. The molecule has 0 spiro atoms. The summed E-state index contributed by atoms with van der Waals surface area (Å²) in [6.45, 7) is 2.38. The third-order valence-electron chi connectivity index (χ3n) is 3.97. The van der Waals surface area contributed by atoms with Gasteiger partial charge >= 0.3 is 0 Å². The number of amides is 2. The van der Waals surface area contributed by atoms with Crippen molar-refractivity contribution in [1.82, 2.24) is 0 Å². The Labute approximate surface area is 168 Å². The van der Waals surface area contributed by atoms with E-state index in [2.05, 4.69) is 10.6 Å². The third-order valence-corrected chi connectivity index (χ3v) is 4.30. The molecule has 0 aliphatic rings. The summed E-state index contributed by atoms with van der Waals surface area (Å²) in [5, 5.41) is 6.03. The van der Waals surface area contributed by atoms with Crippen LogP contribution in [0.4, 0.5) is 11.4 Å². The van der Waals surface area contributed by atoms with Crippen molar-refractivity contribution in [3.63, 3.8) is 0 Å². The predicted octanol–water partition coefficient (Wildman–Crippen LogP) is 5.24. The zero-order chi connectivity index (χ0) is 19.9. The molecule has 0 fully saturated rings. The molecule has 3 aromatic rings. The molecule has 0 aromatic heterocycles.